The Morgan fingerprint density at radius 1 is 1.15 bits per heavy atom. The number of benzene rings is 2. The highest BCUT2D eigenvalue weighted by molar-refractivity contribution is 5.80. The SMILES string of the molecule is COC(=O)C1OC1c1ccc(C)cc1-c1ccccc1. The van der Waals surface area contributed by atoms with Crippen LogP contribution in [0.15, 0.2) is 48.5 Å². The van der Waals surface area contributed by atoms with Crippen molar-refractivity contribution in [3.05, 3.63) is 59.7 Å². The predicted octanol–water partition coefficient (Wildman–Crippen LogP) is 3.27. The average Bonchev–Trinajstić information content (AvgIpc) is 3.27. The number of ether oxygens (including phenoxy) is 2. The molecular weight excluding hydrogens is 252 g/mol. The maximum absolute atomic E-state index is 11.5. The van der Waals surface area contributed by atoms with Crippen LogP contribution in [0.3, 0.4) is 0 Å². The number of methoxy groups -OCH3 is 1. The largest absolute Gasteiger partial charge is 0.467 e. The van der Waals surface area contributed by atoms with E-state index in [-0.39, 0.29) is 12.1 Å². The van der Waals surface area contributed by atoms with E-state index < -0.39 is 6.10 Å². The first-order valence-corrected chi connectivity index (χ1v) is 6.60. The molecule has 0 N–H and O–H groups in total. The van der Waals surface area contributed by atoms with Crippen molar-refractivity contribution < 1.29 is 14.3 Å². The Kier molecular flexibility index (Phi) is 3.28. The fraction of sp³-hybridized carbons (Fsp3) is 0.235. The molecule has 0 spiro atoms. The number of carbonyl (C=O) groups is 1. The maximum Gasteiger partial charge on any atom is 0.338 e. The first-order chi connectivity index (χ1) is 9.70. The standard InChI is InChI=1S/C17H16O3/c1-11-8-9-13(15-16(20-15)17(18)19-2)14(10-11)12-6-4-3-5-7-12/h3-10,15-16H,1-2H3. The molecule has 3 rings (SSSR count). The second-order valence-electron chi connectivity index (χ2n) is 4.96. The van der Waals surface area contributed by atoms with Gasteiger partial charge >= 0.3 is 5.97 Å². The second kappa shape index (κ2) is 5.10. The number of aryl methyl sites for hydroxylation is 1. The molecule has 2 aromatic rings. The third-order valence-corrected chi connectivity index (χ3v) is 3.53. The van der Waals surface area contributed by atoms with Crippen LogP contribution >= 0.6 is 0 Å². The average molecular weight is 268 g/mol. The Balaban J connectivity index is 1.99. The lowest BCUT2D eigenvalue weighted by Crippen LogP contribution is -2.09. The number of rotatable bonds is 3. The van der Waals surface area contributed by atoms with E-state index >= 15 is 0 Å². The number of hydrogen-bond donors (Lipinski definition) is 0. The van der Waals surface area contributed by atoms with Gasteiger partial charge in [0.25, 0.3) is 0 Å². The fourth-order valence-electron chi connectivity index (χ4n) is 2.43. The van der Waals surface area contributed by atoms with Crippen LogP contribution in [0.2, 0.25) is 0 Å². The quantitative estimate of drug-likeness (QED) is 0.633. The van der Waals surface area contributed by atoms with Gasteiger partial charge in [-0.25, -0.2) is 4.79 Å². The molecule has 0 aromatic heterocycles. The van der Waals surface area contributed by atoms with Crippen LogP contribution in [0.4, 0.5) is 0 Å². The van der Waals surface area contributed by atoms with E-state index in [1.165, 1.54) is 12.7 Å². The molecule has 0 saturated carbocycles. The zero-order valence-electron chi connectivity index (χ0n) is 11.5. The van der Waals surface area contributed by atoms with E-state index in [0.717, 1.165) is 16.7 Å². The molecule has 3 heteroatoms. The topological polar surface area (TPSA) is 38.8 Å². The van der Waals surface area contributed by atoms with E-state index in [2.05, 4.69) is 25.1 Å². The third kappa shape index (κ3) is 2.32. The molecule has 2 aromatic carbocycles. The molecule has 0 amide bonds. The summed E-state index contributed by atoms with van der Waals surface area (Å²) in [5.74, 6) is -0.311. The zero-order valence-corrected chi connectivity index (χ0v) is 11.5. The first kappa shape index (κ1) is 12.9. The van der Waals surface area contributed by atoms with Crippen LogP contribution in [0, 0.1) is 6.92 Å². The maximum atomic E-state index is 11.5. The van der Waals surface area contributed by atoms with E-state index in [1.807, 2.05) is 30.3 Å². The van der Waals surface area contributed by atoms with Crippen molar-refractivity contribution in [3.8, 4) is 11.1 Å². The smallest absolute Gasteiger partial charge is 0.338 e. The number of esters is 1. The summed E-state index contributed by atoms with van der Waals surface area (Å²) in [5.41, 5.74) is 4.47. The Bertz CT molecular complexity index is 634. The van der Waals surface area contributed by atoms with Gasteiger partial charge in [0.1, 0.15) is 6.10 Å². The van der Waals surface area contributed by atoms with Crippen LogP contribution in [0.5, 0.6) is 0 Å². The van der Waals surface area contributed by atoms with Crippen LogP contribution in [0.25, 0.3) is 11.1 Å². The lowest BCUT2D eigenvalue weighted by Gasteiger charge is -2.09. The first-order valence-electron chi connectivity index (χ1n) is 6.60. The van der Waals surface area contributed by atoms with Crippen molar-refractivity contribution in [2.24, 2.45) is 0 Å². The molecule has 2 atom stereocenters. The summed E-state index contributed by atoms with van der Waals surface area (Å²) in [6.45, 7) is 2.06. The number of epoxide rings is 1. The Labute approximate surface area is 118 Å². The summed E-state index contributed by atoms with van der Waals surface area (Å²) in [5, 5.41) is 0. The van der Waals surface area contributed by atoms with Gasteiger partial charge in [-0.1, -0.05) is 54.1 Å². The van der Waals surface area contributed by atoms with Crippen molar-refractivity contribution in [2.75, 3.05) is 7.11 Å². The molecule has 1 aliphatic rings. The zero-order chi connectivity index (χ0) is 14.1. The molecule has 1 fully saturated rings. The van der Waals surface area contributed by atoms with Gasteiger partial charge in [-0.3, -0.25) is 0 Å². The Hall–Kier alpha value is -2.13. The van der Waals surface area contributed by atoms with Crippen molar-refractivity contribution >= 4 is 5.97 Å². The summed E-state index contributed by atoms with van der Waals surface area (Å²) >= 11 is 0. The lowest BCUT2D eigenvalue weighted by atomic mass is 9.95. The lowest BCUT2D eigenvalue weighted by molar-refractivity contribution is -0.142. The van der Waals surface area contributed by atoms with Gasteiger partial charge in [-0.15, -0.1) is 0 Å². The molecular formula is C17H16O3. The van der Waals surface area contributed by atoms with Crippen molar-refractivity contribution in [1.82, 2.24) is 0 Å². The van der Waals surface area contributed by atoms with Gasteiger partial charge in [-0.05, 0) is 23.6 Å². The molecule has 0 radical (unpaired) electrons. The Morgan fingerprint density at radius 3 is 2.60 bits per heavy atom. The number of carbonyl (C=O) groups excluding carboxylic acids is 1. The minimum atomic E-state index is -0.467. The van der Waals surface area contributed by atoms with Gasteiger partial charge in [0.2, 0.25) is 0 Å². The molecule has 2 unspecified atom stereocenters. The van der Waals surface area contributed by atoms with Gasteiger partial charge in [0.05, 0.1) is 7.11 Å². The molecule has 1 saturated heterocycles. The van der Waals surface area contributed by atoms with Crippen molar-refractivity contribution in [1.29, 1.82) is 0 Å². The highest BCUT2D eigenvalue weighted by Crippen LogP contribution is 2.43. The van der Waals surface area contributed by atoms with Crippen LogP contribution in [0.1, 0.15) is 17.2 Å². The molecule has 1 aliphatic heterocycles. The van der Waals surface area contributed by atoms with Gasteiger partial charge < -0.3 is 9.47 Å². The highest BCUT2D eigenvalue weighted by Gasteiger charge is 2.48. The van der Waals surface area contributed by atoms with Crippen LogP contribution in [-0.2, 0) is 14.3 Å². The fourth-order valence-corrected chi connectivity index (χ4v) is 2.43. The molecule has 3 nitrogen and oxygen atoms in total. The molecule has 20 heavy (non-hydrogen) atoms. The normalized spacial score (nSPS) is 20.5. The summed E-state index contributed by atoms with van der Waals surface area (Å²) in [6.07, 6.45) is -0.663. The van der Waals surface area contributed by atoms with E-state index in [0.29, 0.717) is 0 Å². The second-order valence-corrected chi connectivity index (χ2v) is 4.96. The van der Waals surface area contributed by atoms with E-state index in [4.69, 9.17) is 9.47 Å². The molecule has 0 bridgehead atoms. The third-order valence-electron chi connectivity index (χ3n) is 3.53. The molecule has 102 valence electrons. The van der Waals surface area contributed by atoms with Crippen LogP contribution < -0.4 is 0 Å². The predicted molar refractivity (Wildman–Crippen MR) is 76.2 cm³/mol. The van der Waals surface area contributed by atoms with Gasteiger partial charge in [0.15, 0.2) is 6.10 Å². The summed E-state index contributed by atoms with van der Waals surface area (Å²) in [4.78, 5) is 11.5. The summed E-state index contributed by atoms with van der Waals surface area (Å²) in [6, 6.07) is 16.3. The van der Waals surface area contributed by atoms with E-state index in [1.54, 1.807) is 0 Å². The molecule has 1 heterocycles. The Morgan fingerprint density at radius 2 is 1.90 bits per heavy atom. The summed E-state index contributed by atoms with van der Waals surface area (Å²) in [7, 11) is 1.38. The number of hydrogen-bond acceptors (Lipinski definition) is 3. The summed E-state index contributed by atoms with van der Waals surface area (Å²) < 4.78 is 10.2. The van der Waals surface area contributed by atoms with Crippen LogP contribution in [-0.4, -0.2) is 19.2 Å². The van der Waals surface area contributed by atoms with Crippen molar-refractivity contribution in [2.45, 2.75) is 19.1 Å². The van der Waals surface area contributed by atoms with Gasteiger partial charge in [-0.2, -0.15) is 0 Å². The van der Waals surface area contributed by atoms with E-state index in [9.17, 15) is 4.79 Å². The van der Waals surface area contributed by atoms with Gasteiger partial charge in [0, 0.05) is 0 Å². The highest BCUT2D eigenvalue weighted by atomic mass is 16.6. The minimum Gasteiger partial charge on any atom is -0.467 e. The monoisotopic (exact) mass is 268 g/mol. The minimum absolute atomic E-state index is 0.196. The molecule has 0 aliphatic carbocycles. The van der Waals surface area contributed by atoms with Crippen molar-refractivity contribution in [3.63, 3.8) is 0 Å².